The van der Waals surface area contributed by atoms with Gasteiger partial charge in [-0.2, -0.15) is 0 Å². The maximum Gasteiger partial charge on any atom is 0.303 e. The molecule has 0 amide bonds. The first-order chi connectivity index (χ1) is 8.64. The number of esters is 1. The summed E-state index contributed by atoms with van der Waals surface area (Å²) in [6, 6.07) is 0. The lowest BCUT2D eigenvalue weighted by molar-refractivity contribution is -0.169. The molecular formula is C16H24O2. The number of ether oxygens (including phenoxy) is 1. The Morgan fingerprint density at radius 3 is 2.56 bits per heavy atom. The Kier molecular flexibility index (Phi) is 2.21. The first-order valence-electron chi connectivity index (χ1n) is 7.84. The third-order valence-corrected chi connectivity index (χ3v) is 6.84. The van der Waals surface area contributed by atoms with Crippen LogP contribution in [0.4, 0.5) is 0 Å². The van der Waals surface area contributed by atoms with Gasteiger partial charge in [0.15, 0.2) is 0 Å². The molecule has 2 heteroatoms. The maximum absolute atomic E-state index is 11.5. The van der Waals surface area contributed by atoms with Crippen LogP contribution in [0.15, 0.2) is 0 Å². The zero-order valence-electron chi connectivity index (χ0n) is 11.5. The summed E-state index contributed by atoms with van der Waals surface area (Å²) in [6.45, 7) is 3.80. The summed E-state index contributed by atoms with van der Waals surface area (Å²) in [5, 5.41) is 0. The van der Waals surface area contributed by atoms with Crippen LogP contribution < -0.4 is 0 Å². The number of carbonyl (C=O) groups excluding carboxylic acids is 1. The van der Waals surface area contributed by atoms with Gasteiger partial charge in [0.2, 0.25) is 0 Å². The lowest BCUT2D eigenvalue weighted by atomic mass is 9.65. The molecule has 100 valence electrons. The van der Waals surface area contributed by atoms with Gasteiger partial charge in [-0.1, -0.05) is 6.92 Å². The molecule has 0 N–H and O–H groups in total. The number of hydrogen-bond acceptors (Lipinski definition) is 2. The van der Waals surface area contributed by atoms with Gasteiger partial charge >= 0.3 is 5.97 Å². The molecule has 18 heavy (non-hydrogen) atoms. The van der Waals surface area contributed by atoms with E-state index < -0.39 is 0 Å². The summed E-state index contributed by atoms with van der Waals surface area (Å²) in [4.78, 5) is 11.5. The van der Waals surface area contributed by atoms with Crippen molar-refractivity contribution in [1.29, 1.82) is 0 Å². The van der Waals surface area contributed by atoms with Crippen molar-refractivity contribution in [2.75, 3.05) is 0 Å². The van der Waals surface area contributed by atoms with Crippen LogP contribution in [0.5, 0.6) is 0 Å². The number of rotatable bonds is 2. The van der Waals surface area contributed by atoms with E-state index in [1.54, 1.807) is 6.92 Å². The third kappa shape index (κ3) is 1.22. The summed E-state index contributed by atoms with van der Waals surface area (Å²) >= 11 is 0. The number of fused-ring (bicyclic) bond motifs is 9. The quantitative estimate of drug-likeness (QED) is 0.553. The van der Waals surface area contributed by atoms with Gasteiger partial charge in [0, 0.05) is 12.8 Å². The highest BCUT2D eigenvalue weighted by molar-refractivity contribution is 5.66. The van der Waals surface area contributed by atoms with Crippen molar-refractivity contribution in [3.05, 3.63) is 0 Å². The van der Waals surface area contributed by atoms with Crippen LogP contribution >= 0.6 is 0 Å². The fraction of sp³-hybridized carbons (Fsp3) is 0.938. The van der Waals surface area contributed by atoms with Crippen molar-refractivity contribution in [2.24, 2.45) is 35.5 Å². The molecule has 4 rings (SSSR count). The zero-order valence-corrected chi connectivity index (χ0v) is 11.5. The molecule has 0 saturated heterocycles. The second kappa shape index (κ2) is 3.52. The molecule has 0 spiro atoms. The smallest absolute Gasteiger partial charge is 0.303 e. The average molecular weight is 248 g/mol. The molecule has 0 aliphatic heterocycles. The molecule has 4 aliphatic rings. The fourth-order valence-corrected chi connectivity index (χ4v) is 6.58. The standard InChI is InChI=1S/C16H24O2/c1-3-16(18-9(2)17)8-12-7-13(16)15-11-5-4-10(6-11)14(12)15/h10-15H,3-8H2,1-2H3/t10?,11?,12?,13?,14-,15?,16?/m1/s1. The second-order valence-electron chi connectivity index (χ2n) is 7.31. The van der Waals surface area contributed by atoms with Crippen molar-refractivity contribution >= 4 is 5.97 Å². The fourth-order valence-electron chi connectivity index (χ4n) is 6.58. The lowest BCUT2D eigenvalue weighted by Crippen LogP contribution is -2.47. The predicted molar refractivity (Wildman–Crippen MR) is 68.8 cm³/mol. The van der Waals surface area contributed by atoms with E-state index in [1.165, 1.54) is 25.7 Å². The van der Waals surface area contributed by atoms with E-state index in [-0.39, 0.29) is 11.6 Å². The van der Waals surface area contributed by atoms with Gasteiger partial charge in [0.1, 0.15) is 5.60 Å². The minimum absolute atomic E-state index is 0.0656. The molecular weight excluding hydrogens is 224 g/mol. The molecule has 0 aromatic heterocycles. The van der Waals surface area contributed by atoms with E-state index in [4.69, 9.17) is 4.74 Å². The topological polar surface area (TPSA) is 26.3 Å². The van der Waals surface area contributed by atoms with Gasteiger partial charge < -0.3 is 4.74 Å². The van der Waals surface area contributed by atoms with Gasteiger partial charge in [-0.25, -0.2) is 0 Å². The highest BCUT2D eigenvalue weighted by Crippen LogP contribution is 2.70. The molecule has 7 atom stereocenters. The Hall–Kier alpha value is -0.530. The van der Waals surface area contributed by atoms with Crippen LogP contribution in [-0.2, 0) is 9.53 Å². The minimum Gasteiger partial charge on any atom is -0.459 e. The van der Waals surface area contributed by atoms with E-state index in [0.717, 1.165) is 42.4 Å². The summed E-state index contributed by atoms with van der Waals surface area (Å²) in [7, 11) is 0. The number of hydrogen-bond donors (Lipinski definition) is 0. The molecule has 0 radical (unpaired) electrons. The van der Waals surface area contributed by atoms with Crippen LogP contribution in [0.2, 0.25) is 0 Å². The Bertz CT molecular complexity index is 391. The first-order valence-corrected chi connectivity index (χ1v) is 7.84. The van der Waals surface area contributed by atoms with Crippen LogP contribution in [0, 0.1) is 35.5 Å². The molecule has 4 bridgehead atoms. The highest BCUT2D eigenvalue weighted by atomic mass is 16.6. The molecule has 0 aromatic rings. The zero-order chi connectivity index (χ0) is 12.5. The largest absolute Gasteiger partial charge is 0.459 e. The van der Waals surface area contributed by atoms with E-state index in [2.05, 4.69) is 6.92 Å². The SMILES string of the molecule is CCC1(OC(C)=O)CC2CC1C1C3CCC(C3)[C@H]21. The van der Waals surface area contributed by atoms with Crippen molar-refractivity contribution in [1.82, 2.24) is 0 Å². The summed E-state index contributed by atoms with van der Waals surface area (Å²) in [5.74, 6) is 5.40. The molecule has 4 fully saturated rings. The Morgan fingerprint density at radius 1 is 1.17 bits per heavy atom. The normalized spacial score (nSPS) is 55.9. The van der Waals surface area contributed by atoms with Gasteiger partial charge in [-0.05, 0) is 68.1 Å². The Labute approximate surface area is 109 Å². The van der Waals surface area contributed by atoms with Gasteiger partial charge in [0.25, 0.3) is 0 Å². The Balaban J connectivity index is 1.66. The molecule has 6 unspecified atom stereocenters. The lowest BCUT2D eigenvalue weighted by Gasteiger charge is -2.45. The number of carbonyl (C=O) groups is 1. The van der Waals surface area contributed by atoms with Gasteiger partial charge in [-0.3, -0.25) is 4.79 Å². The molecule has 4 aliphatic carbocycles. The maximum atomic E-state index is 11.5. The van der Waals surface area contributed by atoms with Crippen molar-refractivity contribution in [3.8, 4) is 0 Å². The Morgan fingerprint density at radius 2 is 1.89 bits per heavy atom. The predicted octanol–water partition coefficient (Wildman–Crippen LogP) is 3.40. The monoisotopic (exact) mass is 248 g/mol. The van der Waals surface area contributed by atoms with Crippen molar-refractivity contribution in [3.63, 3.8) is 0 Å². The second-order valence-corrected chi connectivity index (χ2v) is 7.31. The van der Waals surface area contributed by atoms with Crippen LogP contribution in [0.3, 0.4) is 0 Å². The summed E-state index contributed by atoms with van der Waals surface area (Å²) in [6.07, 6.45) is 7.97. The van der Waals surface area contributed by atoms with Crippen molar-refractivity contribution in [2.45, 2.75) is 58.0 Å². The highest BCUT2D eigenvalue weighted by Gasteiger charge is 2.67. The molecule has 4 saturated carbocycles. The summed E-state index contributed by atoms with van der Waals surface area (Å²) < 4.78 is 5.86. The van der Waals surface area contributed by atoms with Crippen molar-refractivity contribution < 1.29 is 9.53 Å². The minimum atomic E-state index is -0.0812. The van der Waals surface area contributed by atoms with E-state index in [9.17, 15) is 4.79 Å². The van der Waals surface area contributed by atoms with E-state index >= 15 is 0 Å². The molecule has 0 aromatic carbocycles. The van der Waals surface area contributed by atoms with Crippen LogP contribution in [0.25, 0.3) is 0 Å². The van der Waals surface area contributed by atoms with Gasteiger partial charge in [0.05, 0.1) is 0 Å². The molecule has 2 nitrogen and oxygen atoms in total. The van der Waals surface area contributed by atoms with E-state index in [0.29, 0.717) is 5.92 Å². The van der Waals surface area contributed by atoms with E-state index in [1.807, 2.05) is 0 Å². The van der Waals surface area contributed by atoms with Crippen LogP contribution in [-0.4, -0.2) is 11.6 Å². The third-order valence-electron chi connectivity index (χ3n) is 6.84. The molecule has 0 heterocycles. The average Bonchev–Trinajstić information content (AvgIpc) is 3.05. The van der Waals surface area contributed by atoms with Gasteiger partial charge in [-0.15, -0.1) is 0 Å². The summed E-state index contributed by atoms with van der Waals surface area (Å²) in [5.41, 5.74) is -0.0812. The first kappa shape index (κ1) is 11.3. The van der Waals surface area contributed by atoms with Crippen LogP contribution in [0.1, 0.15) is 52.4 Å².